The third-order valence-electron chi connectivity index (χ3n) is 3.72. The molecule has 0 radical (unpaired) electrons. The maximum Gasteiger partial charge on any atom is 0.272 e. The van der Waals surface area contributed by atoms with Gasteiger partial charge in [0, 0.05) is 30.4 Å². The molecule has 2 aromatic rings. The minimum absolute atomic E-state index is 0. The number of carbonyl (C=O) groups excluding carboxylic acids is 1. The van der Waals surface area contributed by atoms with Crippen molar-refractivity contribution >= 4 is 18.3 Å². The van der Waals surface area contributed by atoms with Gasteiger partial charge in [0.15, 0.2) is 17.3 Å². The van der Waals surface area contributed by atoms with Gasteiger partial charge in [0.05, 0.1) is 5.69 Å². The third kappa shape index (κ3) is 3.20. The van der Waals surface area contributed by atoms with Crippen LogP contribution < -0.4 is 11.1 Å². The van der Waals surface area contributed by atoms with Crippen molar-refractivity contribution in [2.45, 2.75) is 19.3 Å². The van der Waals surface area contributed by atoms with Crippen LogP contribution in [-0.2, 0) is 12.8 Å². The smallest absolute Gasteiger partial charge is 0.272 e. The van der Waals surface area contributed by atoms with E-state index in [9.17, 15) is 13.6 Å². The van der Waals surface area contributed by atoms with E-state index in [1.807, 2.05) is 0 Å². The van der Waals surface area contributed by atoms with Crippen molar-refractivity contribution in [3.8, 4) is 5.69 Å². The van der Waals surface area contributed by atoms with Gasteiger partial charge in [0.25, 0.3) is 5.91 Å². The molecule has 3 N–H and O–H groups in total. The highest BCUT2D eigenvalue weighted by Gasteiger charge is 2.27. The molecule has 23 heavy (non-hydrogen) atoms. The van der Waals surface area contributed by atoms with Gasteiger partial charge >= 0.3 is 0 Å². The normalized spacial score (nSPS) is 12.7. The number of benzene rings is 1. The molecule has 124 valence electrons. The van der Waals surface area contributed by atoms with E-state index in [0.29, 0.717) is 24.5 Å². The van der Waals surface area contributed by atoms with Crippen LogP contribution in [0.15, 0.2) is 18.2 Å². The minimum Gasteiger partial charge on any atom is -0.349 e. The number of nitrogens with one attached hydrogen (secondary N) is 1. The SMILES string of the molecule is Cl.NCCNC(=O)c1nn(-c2ccc(F)c(F)c2)c2c1CCC2. The molecule has 0 aliphatic heterocycles. The van der Waals surface area contributed by atoms with E-state index in [-0.39, 0.29) is 18.3 Å². The maximum atomic E-state index is 13.4. The van der Waals surface area contributed by atoms with Crippen LogP contribution in [0.3, 0.4) is 0 Å². The first-order valence-electron chi connectivity index (χ1n) is 7.16. The van der Waals surface area contributed by atoms with Crippen molar-refractivity contribution in [3.05, 3.63) is 46.8 Å². The molecular formula is C15H17ClF2N4O. The number of hydrogen-bond donors (Lipinski definition) is 2. The lowest BCUT2D eigenvalue weighted by molar-refractivity contribution is 0.0948. The zero-order valence-electron chi connectivity index (χ0n) is 12.3. The molecule has 3 rings (SSSR count). The van der Waals surface area contributed by atoms with Gasteiger partial charge in [0.2, 0.25) is 0 Å². The maximum absolute atomic E-state index is 13.4. The Morgan fingerprint density at radius 3 is 2.78 bits per heavy atom. The van der Waals surface area contributed by atoms with Gasteiger partial charge in [-0.2, -0.15) is 5.10 Å². The fraction of sp³-hybridized carbons (Fsp3) is 0.333. The van der Waals surface area contributed by atoms with Crippen LogP contribution in [0.2, 0.25) is 0 Å². The second kappa shape index (κ2) is 7.06. The molecule has 1 aromatic heterocycles. The van der Waals surface area contributed by atoms with Crippen molar-refractivity contribution in [3.63, 3.8) is 0 Å². The zero-order valence-corrected chi connectivity index (χ0v) is 13.1. The second-order valence-corrected chi connectivity index (χ2v) is 5.18. The summed E-state index contributed by atoms with van der Waals surface area (Å²) < 4.78 is 28.0. The van der Waals surface area contributed by atoms with Gasteiger partial charge < -0.3 is 11.1 Å². The van der Waals surface area contributed by atoms with E-state index in [0.717, 1.165) is 42.7 Å². The predicted octanol–water partition coefficient (Wildman–Crippen LogP) is 1.75. The van der Waals surface area contributed by atoms with Crippen LogP contribution in [0.5, 0.6) is 0 Å². The summed E-state index contributed by atoms with van der Waals surface area (Å²) in [5.41, 5.74) is 7.88. The summed E-state index contributed by atoms with van der Waals surface area (Å²) >= 11 is 0. The molecule has 1 aromatic carbocycles. The highest BCUT2D eigenvalue weighted by molar-refractivity contribution is 5.94. The number of rotatable bonds is 4. The molecule has 0 unspecified atom stereocenters. The Bertz CT molecular complexity index is 733. The molecule has 1 aliphatic rings. The van der Waals surface area contributed by atoms with Crippen molar-refractivity contribution in [1.29, 1.82) is 0 Å². The first-order chi connectivity index (χ1) is 10.6. The summed E-state index contributed by atoms with van der Waals surface area (Å²) in [6, 6.07) is 3.59. The standard InChI is InChI=1S/C15H16F2N4O.ClH/c16-11-5-4-9(8-12(11)17)21-13-3-1-2-10(13)14(20-21)15(22)19-7-6-18;/h4-5,8H,1-3,6-7,18H2,(H,19,22);1H. The molecule has 5 nitrogen and oxygen atoms in total. The van der Waals surface area contributed by atoms with E-state index in [1.165, 1.54) is 10.7 Å². The van der Waals surface area contributed by atoms with Gasteiger partial charge in [0.1, 0.15) is 0 Å². The Labute approximate surface area is 138 Å². The summed E-state index contributed by atoms with van der Waals surface area (Å²) in [6.45, 7) is 0.712. The number of amides is 1. The second-order valence-electron chi connectivity index (χ2n) is 5.18. The fourth-order valence-corrected chi connectivity index (χ4v) is 2.72. The van der Waals surface area contributed by atoms with Crippen molar-refractivity contribution in [2.75, 3.05) is 13.1 Å². The highest BCUT2D eigenvalue weighted by Crippen LogP contribution is 2.28. The molecule has 1 heterocycles. The van der Waals surface area contributed by atoms with Crippen LogP contribution in [0.25, 0.3) is 5.69 Å². The van der Waals surface area contributed by atoms with Gasteiger partial charge in [-0.05, 0) is 31.4 Å². The average molecular weight is 343 g/mol. The monoisotopic (exact) mass is 342 g/mol. The molecule has 1 aliphatic carbocycles. The Hall–Kier alpha value is -1.99. The topological polar surface area (TPSA) is 72.9 Å². The summed E-state index contributed by atoms with van der Waals surface area (Å²) in [5.74, 6) is -2.13. The zero-order chi connectivity index (χ0) is 15.7. The summed E-state index contributed by atoms with van der Waals surface area (Å²) in [7, 11) is 0. The Kier molecular flexibility index (Phi) is 5.33. The van der Waals surface area contributed by atoms with E-state index < -0.39 is 11.6 Å². The summed E-state index contributed by atoms with van der Waals surface area (Å²) in [4.78, 5) is 12.2. The summed E-state index contributed by atoms with van der Waals surface area (Å²) in [6.07, 6.45) is 2.42. The van der Waals surface area contributed by atoms with Crippen molar-refractivity contribution in [1.82, 2.24) is 15.1 Å². The molecule has 0 saturated heterocycles. The largest absolute Gasteiger partial charge is 0.349 e. The molecule has 0 fully saturated rings. The highest BCUT2D eigenvalue weighted by atomic mass is 35.5. The Morgan fingerprint density at radius 2 is 2.09 bits per heavy atom. The quantitative estimate of drug-likeness (QED) is 0.889. The van der Waals surface area contributed by atoms with E-state index >= 15 is 0 Å². The number of halogens is 3. The number of nitrogens with zero attached hydrogens (tertiary/aromatic N) is 2. The molecule has 0 atom stereocenters. The third-order valence-corrected chi connectivity index (χ3v) is 3.72. The van der Waals surface area contributed by atoms with Crippen LogP contribution in [0.4, 0.5) is 8.78 Å². The Balaban J connectivity index is 0.00000192. The molecule has 1 amide bonds. The molecule has 0 bridgehead atoms. The van der Waals surface area contributed by atoms with Gasteiger partial charge in [-0.15, -0.1) is 12.4 Å². The minimum atomic E-state index is -0.936. The lowest BCUT2D eigenvalue weighted by Crippen LogP contribution is -2.30. The Morgan fingerprint density at radius 1 is 1.30 bits per heavy atom. The van der Waals surface area contributed by atoms with E-state index in [4.69, 9.17) is 5.73 Å². The van der Waals surface area contributed by atoms with Gasteiger partial charge in [-0.1, -0.05) is 0 Å². The molecule has 0 spiro atoms. The first-order valence-corrected chi connectivity index (χ1v) is 7.16. The number of carbonyl (C=O) groups is 1. The fourth-order valence-electron chi connectivity index (χ4n) is 2.72. The molecule has 8 heteroatoms. The number of fused-ring (bicyclic) bond motifs is 1. The lowest BCUT2D eigenvalue weighted by Gasteiger charge is -2.06. The van der Waals surface area contributed by atoms with Crippen LogP contribution in [0, 0.1) is 11.6 Å². The predicted molar refractivity (Wildman–Crippen MR) is 84.1 cm³/mol. The summed E-state index contributed by atoms with van der Waals surface area (Å²) in [5, 5.41) is 6.99. The average Bonchev–Trinajstić information content (AvgIpc) is 3.09. The lowest BCUT2D eigenvalue weighted by atomic mass is 10.2. The number of nitrogens with two attached hydrogens (primary N) is 1. The molecular weight excluding hydrogens is 326 g/mol. The van der Waals surface area contributed by atoms with Crippen LogP contribution >= 0.6 is 12.4 Å². The number of hydrogen-bond acceptors (Lipinski definition) is 3. The van der Waals surface area contributed by atoms with Gasteiger partial charge in [-0.25, -0.2) is 13.5 Å². The van der Waals surface area contributed by atoms with E-state index in [1.54, 1.807) is 0 Å². The van der Waals surface area contributed by atoms with Crippen LogP contribution in [0.1, 0.15) is 28.2 Å². The van der Waals surface area contributed by atoms with Gasteiger partial charge in [-0.3, -0.25) is 4.79 Å². The molecule has 0 saturated carbocycles. The van der Waals surface area contributed by atoms with Crippen LogP contribution in [-0.4, -0.2) is 28.8 Å². The van der Waals surface area contributed by atoms with Crippen molar-refractivity contribution in [2.24, 2.45) is 5.73 Å². The number of aromatic nitrogens is 2. The van der Waals surface area contributed by atoms with Crippen molar-refractivity contribution < 1.29 is 13.6 Å². The van der Waals surface area contributed by atoms with E-state index in [2.05, 4.69) is 10.4 Å². The first kappa shape index (κ1) is 17.4.